The average Bonchev–Trinajstić information content (AvgIpc) is 2.23. The number of aliphatic hydroxyl groups is 6. The van der Waals surface area contributed by atoms with Gasteiger partial charge < -0.3 is 35.4 Å². The van der Waals surface area contributed by atoms with Crippen molar-refractivity contribution >= 4 is 0 Å². The maximum atomic E-state index is 9.18. The average molecular weight is 212 g/mol. The largest absolute Gasteiger partial charge is 0.394 e. The molecule has 6 N–H and O–H groups in total. The summed E-state index contributed by atoms with van der Waals surface area (Å²) < 4.78 is 4.29. The van der Waals surface area contributed by atoms with Crippen LogP contribution in [0.1, 0.15) is 0 Å². The Hall–Kier alpha value is -0.280. The highest BCUT2D eigenvalue weighted by Gasteiger charge is 2.33. The van der Waals surface area contributed by atoms with Crippen molar-refractivity contribution in [3.05, 3.63) is 0 Å². The lowest BCUT2D eigenvalue weighted by atomic mass is 10.0. The van der Waals surface area contributed by atoms with Crippen LogP contribution in [0.3, 0.4) is 0 Å². The molecule has 0 aromatic carbocycles. The van der Waals surface area contributed by atoms with E-state index < -0.39 is 37.3 Å². The molecule has 0 amide bonds. The van der Waals surface area contributed by atoms with Gasteiger partial charge in [0.25, 0.3) is 0 Å². The monoisotopic (exact) mass is 212 g/mol. The van der Waals surface area contributed by atoms with Crippen LogP contribution in [-0.4, -0.2) is 75.1 Å². The fraction of sp³-hybridized carbons (Fsp3) is 1.00. The van der Waals surface area contributed by atoms with Crippen molar-refractivity contribution in [1.29, 1.82) is 0 Å². The van der Waals surface area contributed by atoms with E-state index in [9.17, 15) is 5.11 Å². The van der Waals surface area contributed by atoms with E-state index in [1.807, 2.05) is 0 Å². The summed E-state index contributed by atoms with van der Waals surface area (Å²) in [5, 5.41) is 53.7. The summed E-state index contributed by atoms with van der Waals surface area (Å²) in [5.74, 6) is 0. The van der Waals surface area contributed by atoms with Crippen molar-refractivity contribution in [2.75, 3.05) is 13.7 Å². The molecule has 0 fully saturated rings. The molecule has 86 valence electrons. The quantitative estimate of drug-likeness (QED) is 0.251. The molecule has 5 atom stereocenters. The van der Waals surface area contributed by atoms with Crippen LogP contribution in [-0.2, 0) is 4.74 Å². The molecule has 0 rings (SSSR count). The summed E-state index contributed by atoms with van der Waals surface area (Å²) in [6.45, 7) is -0.770. The standard InChI is InChI=1S/C7H16O7/c1-14-7(13)6(12)5(11)4(10)3(9)2-8/h3-13H,2H2,1H3. The van der Waals surface area contributed by atoms with E-state index in [1.54, 1.807) is 0 Å². The Balaban J connectivity index is 4.22. The SMILES string of the molecule is COC(O)C(O)C(O)C(O)C(O)CO. The molecule has 7 heteroatoms. The second-order valence-electron chi connectivity index (χ2n) is 2.85. The third-order valence-corrected chi connectivity index (χ3v) is 1.81. The zero-order chi connectivity index (χ0) is 11.3. The van der Waals surface area contributed by atoms with Crippen molar-refractivity contribution in [2.45, 2.75) is 30.7 Å². The fourth-order valence-electron chi connectivity index (χ4n) is 0.846. The van der Waals surface area contributed by atoms with E-state index in [2.05, 4.69) is 4.74 Å². The molecule has 0 aromatic heterocycles. The molecule has 14 heavy (non-hydrogen) atoms. The molecule has 0 spiro atoms. The summed E-state index contributed by atoms with van der Waals surface area (Å²) in [7, 11) is 1.09. The highest BCUT2D eigenvalue weighted by atomic mass is 16.6. The van der Waals surface area contributed by atoms with Crippen molar-refractivity contribution in [2.24, 2.45) is 0 Å². The first-order valence-corrected chi connectivity index (χ1v) is 3.99. The molecule has 0 heterocycles. The van der Waals surface area contributed by atoms with E-state index in [4.69, 9.17) is 25.5 Å². The number of hydrogen-bond acceptors (Lipinski definition) is 7. The molecule has 7 nitrogen and oxygen atoms in total. The Morgan fingerprint density at radius 2 is 1.43 bits per heavy atom. The van der Waals surface area contributed by atoms with Gasteiger partial charge in [-0.1, -0.05) is 0 Å². The van der Waals surface area contributed by atoms with Crippen LogP contribution in [0.2, 0.25) is 0 Å². The van der Waals surface area contributed by atoms with Crippen molar-refractivity contribution in [3.8, 4) is 0 Å². The van der Waals surface area contributed by atoms with Crippen LogP contribution >= 0.6 is 0 Å². The van der Waals surface area contributed by atoms with Crippen LogP contribution in [0.25, 0.3) is 0 Å². The summed E-state index contributed by atoms with van der Waals surface area (Å²) >= 11 is 0. The highest BCUT2D eigenvalue weighted by Crippen LogP contribution is 2.08. The van der Waals surface area contributed by atoms with Crippen molar-refractivity contribution < 1.29 is 35.4 Å². The molecule has 0 aromatic rings. The smallest absolute Gasteiger partial charge is 0.183 e. The molecule has 0 bridgehead atoms. The van der Waals surface area contributed by atoms with Gasteiger partial charge in [0.05, 0.1) is 6.61 Å². The van der Waals surface area contributed by atoms with Gasteiger partial charge in [-0.15, -0.1) is 0 Å². The minimum Gasteiger partial charge on any atom is -0.394 e. The highest BCUT2D eigenvalue weighted by molar-refractivity contribution is 4.81. The second kappa shape index (κ2) is 6.25. The molecule has 5 unspecified atom stereocenters. The number of hydrogen-bond donors (Lipinski definition) is 6. The van der Waals surface area contributed by atoms with Gasteiger partial charge in [0.15, 0.2) is 6.29 Å². The fourth-order valence-corrected chi connectivity index (χ4v) is 0.846. The molecular formula is C7H16O7. The van der Waals surface area contributed by atoms with Crippen LogP contribution in [0.15, 0.2) is 0 Å². The van der Waals surface area contributed by atoms with Gasteiger partial charge in [0, 0.05) is 7.11 Å². The number of ether oxygens (including phenoxy) is 1. The summed E-state index contributed by atoms with van der Waals surface area (Å²) in [6.07, 6.45) is -8.61. The van der Waals surface area contributed by atoms with Gasteiger partial charge in [-0.05, 0) is 0 Å². The predicted molar refractivity (Wildman–Crippen MR) is 44.1 cm³/mol. The Morgan fingerprint density at radius 1 is 0.929 bits per heavy atom. The van der Waals surface area contributed by atoms with Crippen LogP contribution < -0.4 is 0 Å². The lowest BCUT2D eigenvalue weighted by Crippen LogP contribution is -2.50. The normalized spacial score (nSPS) is 22.5. The third-order valence-electron chi connectivity index (χ3n) is 1.81. The predicted octanol–water partition coefficient (Wildman–Crippen LogP) is -3.61. The number of rotatable bonds is 6. The van der Waals surface area contributed by atoms with E-state index in [-0.39, 0.29) is 0 Å². The molecule has 0 saturated heterocycles. The minimum atomic E-state index is -1.81. The molecule has 0 aliphatic rings. The Morgan fingerprint density at radius 3 is 1.79 bits per heavy atom. The molecule has 0 aliphatic carbocycles. The maximum absolute atomic E-state index is 9.18. The molecular weight excluding hydrogens is 196 g/mol. The molecule has 0 radical (unpaired) electrons. The van der Waals surface area contributed by atoms with Gasteiger partial charge in [-0.25, -0.2) is 0 Å². The van der Waals surface area contributed by atoms with Gasteiger partial charge in [-0.2, -0.15) is 0 Å². The zero-order valence-electron chi connectivity index (χ0n) is 7.69. The lowest BCUT2D eigenvalue weighted by molar-refractivity contribution is -0.201. The summed E-state index contributed by atoms with van der Waals surface area (Å²) in [4.78, 5) is 0. The maximum Gasteiger partial charge on any atom is 0.183 e. The molecule has 0 aliphatic heterocycles. The first-order chi connectivity index (χ1) is 6.45. The van der Waals surface area contributed by atoms with E-state index in [0.29, 0.717) is 0 Å². The van der Waals surface area contributed by atoms with Crippen LogP contribution in [0, 0.1) is 0 Å². The first-order valence-electron chi connectivity index (χ1n) is 3.99. The Labute approximate surface area is 80.8 Å². The van der Waals surface area contributed by atoms with Crippen LogP contribution in [0.4, 0.5) is 0 Å². The topological polar surface area (TPSA) is 131 Å². The summed E-state index contributed by atoms with van der Waals surface area (Å²) in [5.41, 5.74) is 0. The van der Waals surface area contributed by atoms with E-state index in [1.165, 1.54) is 0 Å². The zero-order valence-corrected chi connectivity index (χ0v) is 7.69. The van der Waals surface area contributed by atoms with Gasteiger partial charge in [0.2, 0.25) is 0 Å². The van der Waals surface area contributed by atoms with Gasteiger partial charge >= 0.3 is 0 Å². The number of aliphatic hydroxyl groups excluding tert-OH is 6. The van der Waals surface area contributed by atoms with E-state index >= 15 is 0 Å². The summed E-state index contributed by atoms with van der Waals surface area (Å²) in [6, 6.07) is 0. The van der Waals surface area contributed by atoms with E-state index in [0.717, 1.165) is 7.11 Å². The van der Waals surface area contributed by atoms with Crippen LogP contribution in [0.5, 0.6) is 0 Å². The number of methoxy groups -OCH3 is 1. The van der Waals surface area contributed by atoms with Gasteiger partial charge in [0.1, 0.15) is 24.4 Å². The Bertz CT molecular complexity index is 137. The first kappa shape index (κ1) is 13.7. The third kappa shape index (κ3) is 3.46. The van der Waals surface area contributed by atoms with Crippen molar-refractivity contribution in [3.63, 3.8) is 0 Å². The second-order valence-corrected chi connectivity index (χ2v) is 2.85. The van der Waals surface area contributed by atoms with Crippen molar-refractivity contribution in [1.82, 2.24) is 0 Å². The lowest BCUT2D eigenvalue weighted by Gasteiger charge is -2.27. The van der Waals surface area contributed by atoms with Gasteiger partial charge in [-0.3, -0.25) is 0 Å². The Kier molecular flexibility index (Phi) is 6.12. The molecule has 0 saturated carbocycles. The minimum absolute atomic E-state index is 0.770.